The van der Waals surface area contributed by atoms with Crippen LogP contribution in [0.5, 0.6) is 0 Å². The Hall–Kier alpha value is -0.0400. The minimum Gasteiger partial charge on any atom is -0.373 e. The third kappa shape index (κ3) is 6.36. The number of ether oxygens (including phenoxy) is 1. The van der Waals surface area contributed by atoms with Crippen molar-refractivity contribution < 1.29 is 4.74 Å². The van der Waals surface area contributed by atoms with Gasteiger partial charge in [0, 0.05) is 0 Å². The van der Waals surface area contributed by atoms with E-state index in [0.717, 1.165) is 6.42 Å². The van der Waals surface area contributed by atoms with Crippen LogP contribution in [0.3, 0.4) is 0 Å². The molecule has 0 aliphatic carbocycles. The van der Waals surface area contributed by atoms with Crippen molar-refractivity contribution >= 4 is 0 Å². The molecule has 0 aromatic rings. The van der Waals surface area contributed by atoms with Gasteiger partial charge < -0.3 is 4.74 Å². The molecule has 1 heteroatoms. The Balaban J connectivity index is 3.68. The monoisotopic (exact) mass is 158 g/mol. The average Bonchev–Trinajstić information content (AvgIpc) is 1.84. The quantitative estimate of drug-likeness (QED) is 0.609. The zero-order chi connectivity index (χ0) is 8.91. The summed E-state index contributed by atoms with van der Waals surface area (Å²) >= 11 is 0. The Kier molecular flexibility index (Phi) is 4.74. The minimum absolute atomic E-state index is 0.0237. The fourth-order valence-electron chi connectivity index (χ4n) is 1.17. The van der Waals surface area contributed by atoms with Crippen molar-refractivity contribution in [3.63, 3.8) is 0 Å². The third-order valence-electron chi connectivity index (χ3n) is 1.59. The lowest BCUT2D eigenvalue weighted by molar-refractivity contribution is -0.0642. The first kappa shape index (κ1) is 11.0. The fourth-order valence-corrected chi connectivity index (χ4v) is 1.17. The molecule has 0 aliphatic rings. The standard InChI is InChI=1S/C10H22O/c1-6-8-9(7-2)11-10(3,4)5/h9H,6-8H2,1-5H3/t9-/m1/s1. The molecule has 0 saturated heterocycles. The van der Waals surface area contributed by atoms with Crippen LogP contribution < -0.4 is 0 Å². The zero-order valence-corrected chi connectivity index (χ0v) is 8.61. The highest BCUT2D eigenvalue weighted by Gasteiger charge is 2.15. The van der Waals surface area contributed by atoms with E-state index in [0.29, 0.717) is 6.10 Å². The second-order valence-corrected chi connectivity index (χ2v) is 4.05. The summed E-state index contributed by atoms with van der Waals surface area (Å²) in [5.41, 5.74) is 0.0237. The molecule has 0 amide bonds. The molecule has 1 nitrogen and oxygen atoms in total. The van der Waals surface area contributed by atoms with Gasteiger partial charge in [-0.25, -0.2) is 0 Å². The van der Waals surface area contributed by atoms with Crippen LogP contribution in [0, 0.1) is 0 Å². The Bertz CT molecular complexity index is 91.5. The molecular formula is C10H22O. The molecule has 68 valence electrons. The topological polar surface area (TPSA) is 9.23 Å². The fraction of sp³-hybridized carbons (Fsp3) is 1.00. The molecule has 0 bridgehead atoms. The van der Waals surface area contributed by atoms with E-state index in [1.54, 1.807) is 0 Å². The molecule has 0 rings (SSSR count). The zero-order valence-electron chi connectivity index (χ0n) is 8.61. The van der Waals surface area contributed by atoms with Crippen LogP contribution in [-0.4, -0.2) is 11.7 Å². The third-order valence-corrected chi connectivity index (χ3v) is 1.59. The van der Waals surface area contributed by atoms with Gasteiger partial charge >= 0.3 is 0 Å². The van der Waals surface area contributed by atoms with Crippen molar-refractivity contribution in [3.05, 3.63) is 0 Å². The maximum Gasteiger partial charge on any atom is 0.0602 e. The van der Waals surface area contributed by atoms with Gasteiger partial charge in [-0.05, 0) is 33.6 Å². The maximum atomic E-state index is 5.83. The lowest BCUT2D eigenvalue weighted by Crippen LogP contribution is -2.26. The molecule has 0 unspecified atom stereocenters. The highest BCUT2D eigenvalue weighted by molar-refractivity contribution is 4.64. The van der Waals surface area contributed by atoms with Gasteiger partial charge in [-0.15, -0.1) is 0 Å². The largest absolute Gasteiger partial charge is 0.373 e. The molecule has 0 spiro atoms. The smallest absolute Gasteiger partial charge is 0.0602 e. The van der Waals surface area contributed by atoms with Crippen LogP contribution in [0.1, 0.15) is 53.9 Å². The average molecular weight is 158 g/mol. The van der Waals surface area contributed by atoms with Gasteiger partial charge in [0.15, 0.2) is 0 Å². The summed E-state index contributed by atoms with van der Waals surface area (Å²) < 4.78 is 5.83. The molecule has 0 saturated carbocycles. The summed E-state index contributed by atoms with van der Waals surface area (Å²) in [4.78, 5) is 0. The molecule has 11 heavy (non-hydrogen) atoms. The predicted octanol–water partition coefficient (Wildman–Crippen LogP) is 3.38. The van der Waals surface area contributed by atoms with Crippen LogP contribution in [0.15, 0.2) is 0 Å². The van der Waals surface area contributed by atoms with Crippen molar-refractivity contribution in [2.45, 2.75) is 65.6 Å². The molecular weight excluding hydrogens is 136 g/mol. The number of hydrogen-bond donors (Lipinski definition) is 0. The second-order valence-electron chi connectivity index (χ2n) is 4.05. The van der Waals surface area contributed by atoms with Gasteiger partial charge in [0.1, 0.15) is 0 Å². The Morgan fingerprint density at radius 3 is 2.00 bits per heavy atom. The van der Waals surface area contributed by atoms with E-state index < -0.39 is 0 Å². The normalized spacial score (nSPS) is 15.0. The molecule has 1 atom stereocenters. The first-order valence-corrected chi connectivity index (χ1v) is 4.67. The SMILES string of the molecule is CCC[C@@H](CC)OC(C)(C)C. The van der Waals surface area contributed by atoms with Crippen LogP contribution in [0.25, 0.3) is 0 Å². The van der Waals surface area contributed by atoms with E-state index in [9.17, 15) is 0 Å². The van der Waals surface area contributed by atoms with Crippen molar-refractivity contribution in [1.82, 2.24) is 0 Å². The van der Waals surface area contributed by atoms with Crippen molar-refractivity contribution in [2.24, 2.45) is 0 Å². The van der Waals surface area contributed by atoms with E-state index in [2.05, 4.69) is 34.6 Å². The molecule has 0 aromatic carbocycles. The first-order chi connectivity index (χ1) is 4.99. The van der Waals surface area contributed by atoms with E-state index in [4.69, 9.17) is 4.74 Å². The van der Waals surface area contributed by atoms with E-state index in [1.807, 2.05) is 0 Å². The summed E-state index contributed by atoms with van der Waals surface area (Å²) in [6.45, 7) is 10.7. The van der Waals surface area contributed by atoms with Gasteiger partial charge in [0.2, 0.25) is 0 Å². The van der Waals surface area contributed by atoms with Crippen molar-refractivity contribution in [2.75, 3.05) is 0 Å². The lowest BCUT2D eigenvalue weighted by atomic mass is 10.1. The molecule has 0 heterocycles. The number of hydrogen-bond acceptors (Lipinski definition) is 1. The lowest BCUT2D eigenvalue weighted by Gasteiger charge is -2.26. The second kappa shape index (κ2) is 4.76. The van der Waals surface area contributed by atoms with Gasteiger partial charge in [-0.2, -0.15) is 0 Å². The Morgan fingerprint density at radius 2 is 1.73 bits per heavy atom. The molecule has 0 aliphatic heterocycles. The van der Waals surface area contributed by atoms with Crippen LogP contribution in [0.4, 0.5) is 0 Å². The van der Waals surface area contributed by atoms with Crippen LogP contribution >= 0.6 is 0 Å². The summed E-state index contributed by atoms with van der Waals surface area (Å²) in [5, 5.41) is 0. The van der Waals surface area contributed by atoms with Gasteiger partial charge in [0.25, 0.3) is 0 Å². The highest BCUT2D eigenvalue weighted by Crippen LogP contribution is 2.16. The molecule has 0 aromatic heterocycles. The Morgan fingerprint density at radius 1 is 1.18 bits per heavy atom. The van der Waals surface area contributed by atoms with E-state index in [-0.39, 0.29) is 5.60 Å². The maximum absolute atomic E-state index is 5.83. The number of rotatable bonds is 4. The van der Waals surface area contributed by atoms with Crippen LogP contribution in [0.2, 0.25) is 0 Å². The van der Waals surface area contributed by atoms with E-state index in [1.165, 1.54) is 12.8 Å². The first-order valence-electron chi connectivity index (χ1n) is 4.67. The Labute approximate surface area is 71.1 Å². The van der Waals surface area contributed by atoms with Crippen LogP contribution in [-0.2, 0) is 4.74 Å². The highest BCUT2D eigenvalue weighted by atomic mass is 16.5. The van der Waals surface area contributed by atoms with Gasteiger partial charge in [-0.3, -0.25) is 0 Å². The molecule has 0 radical (unpaired) electrons. The molecule has 0 N–H and O–H groups in total. The van der Waals surface area contributed by atoms with Gasteiger partial charge in [-0.1, -0.05) is 20.3 Å². The molecule has 0 fully saturated rings. The van der Waals surface area contributed by atoms with Gasteiger partial charge in [0.05, 0.1) is 11.7 Å². The summed E-state index contributed by atoms with van der Waals surface area (Å²) in [6, 6.07) is 0. The minimum atomic E-state index is 0.0237. The van der Waals surface area contributed by atoms with Crippen molar-refractivity contribution in [3.8, 4) is 0 Å². The summed E-state index contributed by atoms with van der Waals surface area (Å²) in [6.07, 6.45) is 3.99. The summed E-state index contributed by atoms with van der Waals surface area (Å²) in [7, 11) is 0. The summed E-state index contributed by atoms with van der Waals surface area (Å²) in [5.74, 6) is 0. The predicted molar refractivity (Wildman–Crippen MR) is 49.8 cm³/mol. The van der Waals surface area contributed by atoms with Crippen molar-refractivity contribution in [1.29, 1.82) is 0 Å². The van der Waals surface area contributed by atoms with E-state index >= 15 is 0 Å².